The Hall–Kier alpha value is -3.12. The van der Waals surface area contributed by atoms with Crippen LogP contribution in [0.25, 0.3) is 21.5 Å². The molecule has 3 N–H and O–H groups in total. The van der Waals surface area contributed by atoms with Crippen molar-refractivity contribution in [3.05, 3.63) is 138 Å². The van der Waals surface area contributed by atoms with Gasteiger partial charge in [-0.25, -0.2) is 19.9 Å². The first-order chi connectivity index (χ1) is 24.0. The normalized spacial score (nSPS) is 16.9. The van der Waals surface area contributed by atoms with Crippen LogP contribution in [0.15, 0.2) is 127 Å². The van der Waals surface area contributed by atoms with E-state index < -0.39 is 0 Å². The van der Waals surface area contributed by atoms with Gasteiger partial charge in [-0.15, -0.1) is 49.6 Å². The lowest BCUT2D eigenvalue weighted by Crippen LogP contribution is -2.34. The Morgan fingerprint density at radius 1 is 0.623 bits per heavy atom. The van der Waals surface area contributed by atoms with Crippen molar-refractivity contribution in [3.63, 3.8) is 0 Å². The maximum absolute atomic E-state index is 4.36. The van der Waals surface area contributed by atoms with Crippen molar-refractivity contribution in [1.29, 1.82) is 0 Å². The van der Waals surface area contributed by atoms with Gasteiger partial charge in [0.1, 0.15) is 0 Å². The molecular formula is C40H49BrCl4N8. The van der Waals surface area contributed by atoms with E-state index in [1.165, 1.54) is 39.1 Å². The van der Waals surface area contributed by atoms with Gasteiger partial charge >= 0.3 is 0 Å². The third kappa shape index (κ3) is 13.0. The van der Waals surface area contributed by atoms with Crippen molar-refractivity contribution in [2.24, 2.45) is 0 Å². The van der Waals surface area contributed by atoms with Gasteiger partial charge in [-0.1, -0.05) is 84.9 Å². The fourth-order valence-electron chi connectivity index (χ4n) is 6.75. The average molecular weight is 864 g/mol. The number of anilines is 1. The van der Waals surface area contributed by atoms with Gasteiger partial charge in [-0.3, -0.25) is 0 Å². The number of nitrogens with zero attached hydrogens (tertiary/aromatic N) is 5. The highest BCUT2D eigenvalue weighted by Crippen LogP contribution is 2.27. The van der Waals surface area contributed by atoms with Crippen molar-refractivity contribution < 1.29 is 0 Å². The fourth-order valence-corrected chi connectivity index (χ4v) is 6.99. The third-order valence-electron chi connectivity index (χ3n) is 9.17. The molecule has 2 aromatic heterocycles. The van der Waals surface area contributed by atoms with Crippen molar-refractivity contribution in [2.75, 3.05) is 31.1 Å². The first-order valence-electron chi connectivity index (χ1n) is 17.2. The lowest BCUT2D eigenvalue weighted by atomic mass is 9.99. The summed E-state index contributed by atoms with van der Waals surface area (Å²) in [5.41, 5.74) is 2.77. The van der Waals surface area contributed by atoms with E-state index in [9.17, 15) is 0 Å². The SMILES string of the molecule is Brc1ncccn1.C[C@@H](N[C@H]1CCN(c2ncccn2)C1)c1cccc2ccccc12.C[C@@H](N[C@H]1CCNC1)c1cccc2ccccc12.Cl.Cl.Cl.Cl. The van der Waals surface area contributed by atoms with Gasteiger partial charge in [0.25, 0.3) is 0 Å². The molecule has 0 bridgehead atoms. The van der Waals surface area contributed by atoms with E-state index in [-0.39, 0.29) is 49.6 Å². The minimum Gasteiger partial charge on any atom is -0.339 e. The summed E-state index contributed by atoms with van der Waals surface area (Å²) in [6.45, 7) is 8.71. The number of halogens is 5. The molecule has 8 nitrogen and oxygen atoms in total. The second-order valence-electron chi connectivity index (χ2n) is 12.6. The molecule has 53 heavy (non-hydrogen) atoms. The maximum atomic E-state index is 4.36. The predicted molar refractivity (Wildman–Crippen MR) is 234 cm³/mol. The quantitative estimate of drug-likeness (QED) is 0.137. The number of fused-ring (bicyclic) bond motifs is 2. The predicted octanol–water partition coefficient (Wildman–Crippen LogP) is 9.34. The molecule has 0 spiro atoms. The van der Waals surface area contributed by atoms with Crippen LogP contribution in [-0.4, -0.2) is 58.2 Å². The monoisotopic (exact) mass is 860 g/mol. The van der Waals surface area contributed by atoms with Crippen LogP contribution in [0.4, 0.5) is 5.95 Å². The fraction of sp³-hybridized carbons (Fsp3) is 0.300. The highest BCUT2D eigenvalue weighted by atomic mass is 79.9. The van der Waals surface area contributed by atoms with Crippen LogP contribution in [0.5, 0.6) is 0 Å². The molecule has 2 aliphatic rings. The Kier molecular flexibility index (Phi) is 20.5. The smallest absolute Gasteiger partial charge is 0.225 e. The largest absolute Gasteiger partial charge is 0.339 e. The molecule has 0 unspecified atom stereocenters. The summed E-state index contributed by atoms with van der Waals surface area (Å²) in [7, 11) is 0. The van der Waals surface area contributed by atoms with E-state index in [0.717, 1.165) is 38.5 Å². The maximum Gasteiger partial charge on any atom is 0.225 e. The highest BCUT2D eigenvalue weighted by molar-refractivity contribution is 9.10. The van der Waals surface area contributed by atoms with Crippen LogP contribution in [0.1, 0.15) is 49.9 Å². The summed E-state index contributed by atoms with van der Waals surface area (Å²) in [6, 6.07) is 35.8. The van der Waals surface area contributed by atoms with Crippen molar-refractivity contribution in [2.45, 2.75) is 50.9 Å². The Balaban J connectivity index is 0.000000298. The molecule has 13 heteroatoms. The van der Waals surface area contributed by atoms with E-state index in [4.69, 9.17) is 0 Å². The Morgan fingerprint density at radius 3 is 1.60 bits per heavy atom. The van der Waals surface area contributed by atoms with E-state index in [2.05, 4.69) is 155 Å². The van der Waals surface area contributed by atoms with Gasteiger partial charge in [-0.05, 0) is 94.0 Å². The van der Waals surface area contributed by atoms with Crippen molar-refractivity contribution in [3.8, 4) is 0 Å². The Morgan fingerprint density at radius 2 is 1.11 bits per heavy atom. The molecule has 0 radical (unpaired) electrons. The molecule has 2 saturated heterocycles. The van der Waals surface area contributed by atoms with Crippen LogP contribution >= 0.6 is 65.6 Å². The summed E-state index contributed by atoms with van der Waals surface area (Å²) in [6.07, 6.45) is 9.32. The lowest BCUT2D eigenvalue weighted by molar-refractivity contribution is 0.480. The number of benzene rings is 4. The van der Waals surface area contributed by atoms with E-state index in [1.807, 2.05) is 18.5 Å². The highest BCUT2D eigenvalue weighted by Gasteiger charge is 2.26. The number of aromatic nitrogens is 4. The van der Waals surface area contributed by atoms with E-state index in [1.54, 1.807) is 18.5 Å². The van der Waals surface area contributed by atoms with Crippen LogP contribution in [0, 0.1) is 0 Å². The van der Waals surface area contributed by atoms with Gasteiger partial charge < -0.3 is 20.9 Å². The summed E-state index contributed by atoms with van der Waals surface area (Å²) < 4.78 is 0.634. The Bertz CT molecular complexity index is 1890. The minimum atomic E-state index is 0. The molecule has 2 aliphatic heterocycles. The molecule has 4 aromatic carbocycles. The zero-order valence-corrected chi connectivity index (χ0v) is 34.7. The molecule has 0 amide bonds. The summed E-state index contributed by atoms with van der Waals surface area (Å²) >= 11 is 3.09. The topological polar surface area (TPSA) is 90.9 Å². The molecule has 4 heterocycles. The third-order valence-corrected chi connectivity index (χ3v) is 9.58. The van der Waals surface area contributed by atoms with E-state index >= 15 is 0 Å². The molecule has 0 aliphatic carbocycles. The van der Waals surface area contributed by atoms with Crippen LogP contribution in [0.2, 0.25) is 0 Å². The van der Waals surface area contributed by atoms with Crippen LogP contribution in [-0.2, 0) is 0 Å². The van der Waals surface area contributed by atoms with Gasteiger partial charge in [0.15, 0.2) is 4.73 Å². The average Bonchev–Trinajstić information content (AvgIpc) is 3.85. The molecule has 284 valence electrons. The van der Waals surface area contributed by atoms with Gasteiger partial charge in [0.2, 0.25) is 5.95 Å². The summed E-state index contributed by atoms with van der Waals surface area (Å²) in [5, 5.41) is 16.2. The van der Waals surface area contributed by atoms with Crippen LogP contribution in [0.3, 0.4) is 0 Å². The number of nitrogens with one attached hydrogen (secondary N) is 3. The van der Waals surface area contributed by atoms with Crippen molar-refractivity contribution in [1.82, 2.24) is 35.9 Å². The van der Waals surface area contributed by atoms with Crippen LogP contribution < -0.4 is 20.9 Å². The first kappa shape index (κ1) is 46.0. The number of rotatable bonds is 7. The van der Waals surface area contributed by atoms with Gasteiger partial charge in [0, 0.05) is 68.6 Å². The molecule has 4 atom stereocenters. The molecule has 2 fully saturated rings. The number of hydrogen-bond donors (Lipinski definition) is 3. The molecular weight excluding hydrogens is 814 g/mol. The zero-order chi connectivity index (χ0) is 33.8. The molecule has 8 rings (SSSR count). The second kappa shape index (κ2) is 23.6. The van der Waals surface area contributed by atoms with E-state index in [0.29, 0.717) is 28.9 Å². The van der Waals surface area contributed by atoms with Gasteiger partial charge in [0.05, 0.1) is 0 Å². The number of hydrogen-bond acceptors (Lipinski definition) is 8. The molecule has 6 aromatic rings. The molecule has 0 saturated carbocycles. The van der Waals surface area contributed by atoms with Crippen molar-refractivity contribution >= 4 is 93.1 Å². The summed E-state index contributed by atoms with van der Waals surface area (Å²) in [5.74, 6) is 0.833. The minimum absolute atomic E-state index is 0. The standard InChI is InChI=1S/C20H22N4.C16H20N2.C4H3BrN2.4ClH/c1-15(18-9-4-7-16-6-2-3-8-19(16)18)23-17-10-13-24(14-17)20-21-11-5-12-22-20;1-12(18-14-9-10-17-11-14)15-8-4-6-13-5-2-3-7-16(13)15;5-4-6-2-1-3-7-4;;;;/h2-9,11-12,15,17,23H,10,13-14H2,1H3;2-8,12,14,17-18H,9-11H2,1H3;1-3H;4*1H/t15-,17+;12-,14+;;;;;/m11...../s1. The first-order valence-corrected chi connectivity index (χ1v) is 18.0. The zero-order valence-electron chi connectivity index (χ0n) is 29.8. The second-order valence-corrected chi connectivity index (χ2v) is 13.3. The lowest BCUT2D eigenvalue weighted by Gasteiger charge is -2.22. The van der Waals surface area contributed by atoms with Gasteiger partial charge in [-0.2, -0.15) is 0 Å². The Labute approximate surface area is 346 Å². The summed E-state index contributed by atoms with van der Waals surface area (Å²) in [4.78, 5) is 18.5.